The van der Waals surface area contributed by atoms with Crippen molar-refractivity contribution in [1.82, 2.24) is 18.2 Å². The third-order valence-electron chi connectivity index (χ3n) is 12.3. The Bertz CT molecular complexity index is 2090. The lowest BCUT2D eigenvalue weighted by atomic mass is 9.68. The second-order valence-electron chi connectivity index (χ2n) is 16.2. The molecule has 2 aliphatic heterocycles. The number of rotatable bonds is 15. The van der Waals surface area contributed by atoms with Crippen LogP contribution < -0.4 is 14.4 Å². The molecule has 5 atom stereocenters. The van der Waals surface area contributed by atoms with Gasteiger partial charge in [-0.3, -0.25) is 9.59 Å². The molecule has 4 aliphatic rings. The van der Waals surface area contributed by atoms with Crippen molar-refractivity contribution >= 4 is 49.3 Å². The molecule has 2 aromatic rings. The molecule has 2 aliphatic carbocycles. The topological polar surface area (TPSA) is 146 Å². The fourth-order valence-corrected chi connectivity index (χ4v) is 11.6. The average molecular weight is 861 g/mol. The number of hydrogen-bond donors (Lipinski definition) is 1. The van der Waals surface area contributed by atoms with Crippen molar-refractivity contribution in [2.24, 2.45) is 11.8 Å². The molecule has 16 heteroatoms. The van der Waals surface area contributed by atoms with Gasteiger partial charge in [0.1, 0.15) is 5.75 Å². The van der Waals surface area contributed by atoms with Gasteiger partial charge in [-0.25, -0.2) is 13.1 Å². The maximum absolute atomic E-state index is 14.0. The molecule has 2 amide bonds. The number of amides is 2. The summed E-state index contributed by atoms with van der Waals surface area (Å²) in [5.41, 5.74) is 2.91. The third-order valence-corrected chi connectivity index (χ3v) is 16.2. The number of sulfonamides is 1. The number of fused-ring (bicyclic) bond motifs is 3. The number of aryl methyl sites for hydroxylation is 1. The summed E-state index contributed by atoms with van der Waals surface area (Å²) >= 11 is 6.46. The molecule has 1 saturated carbocycles. The van der Waals surface area contributed by atoms with E-state index in [-0.39, 0.29) is 56.1 Å². The van der Waals surface area contributed by atoms with Gasteiger partial charge in [0.15, 0.2) is 5.25 Å². The summed E-state index contributed by atoms with van der Waals surface area (Å²) in [7, 11) is -3.63. The molecule has 2 heterocycles. The van der Waals surface area contributed by atoms with Gasteiger partial charge in [-0.2, -0.15) is 17.0 Å². The molecule has 1 spiro atoms. The average Bonchev–Trinajstić information content (AvgIpc) is 3.34. The highest BCUT2D eigenvalue weighted by Gasteiger charge is 2.45. The Morgan fingerprint density at radius 1 is 1.10 bits per heavy atom. The quantitative estimate of drug-likeness (QED) is 0.240. The first kappa shape index (κ1) is 44.1. The van der Waals surface area contributed by atoms with Gasteiger partial charge in [0.05, 0.1) is 18.4 Å². The van der Waals surface area contributed by atoms with Crippen LogP contribution in [0.2, 0.25) is 5.02 Å². The maximum atomic E-state index is 14.0. The van der Waals surface area contributed by atoms with E-state index in [1.807, 2.05) is 6.07 Å². The minimum atomic E-state index is -4.54. The van der Waals surface area contributed by atoms with Crippen LogP contribution in [-0.4, -0.2) is 121 Å². The number of ether oxygens (including phenoxy) is 2. The van der Waals surface area contributed by atoms with Crippen molar-refractivity contribution in [3.05, 3.63) is 82.9 Å². The third kappa shape index (κ3) is 9.29. The van der Waals surface area contributed by atoms with Crippen molar-refractivity contribution in [1.29, 1.82) is 0 Å². The van der Waals surface area contributed by atoms with Crippen LogP contribution in [0, 0.1) is 11.8 Å². The van der Waals surface area contributed by atoms with Crippen molar-refractivity contribution in [3.63, 3.8) is 0 Å². The van der Waals surface area contributed by atoms with Crippen LogP contribution in [0.5, 0.6) is 5.75 Å². The number of nitrogens with one attached hydrogen (secondary N) is 1. The molecule has 13 nitrogen and oxygen atoms in total. The lowest BCUT2D eigenvalue weighted by Crippen LogP contribution is -2.56. The molecule has 1 saturated heterocycles. The Kier molecular flexibility index (Phi) is 14.0. The first-order valence-electron chi connectivity index (χ1n) is 20.3. The molecule has 0 aromatic heterocycles. The second kappa shape index (κ2) is 18.4. The fourth-order valence-electron chi connectivity index (χ4n) is 8.97. The van der Waals surface area contributed by atoms with Crippen LogP contribution in [0.25, 0.3) is 0 Å². The molecular formula is C42H58ClN5O8S2. The summed E-state index contributed by atoms with van der Waals surface area (Å²) in [4.78, 5) is 31.5. The van der Waals surface area contributed by atoms with Crippen LogP contribution >= 0.6 is 11.6 Å². The minimum Gasteiger partial charge on any atom is -0.490 e. The van der Waals surface area contributed by atoms with E-state index in [1.165, 1.54) is 40.5 Å². The first-order chi connectivity index (χ1) is 27.6. The van der Waals surface area contributed by atoms with Crippen LogP contribution in [0.4, 0.5) is 5.69 Å². The van der Waals surface area contributed by atoms with Gasteiger partial charge in [0.2, 0.25) is 15.9 Å². The van der Waals surface area contributed by atoms with Gasteiger partial charge in [0.25, 0.3) is 16.1 Å². The molecule has 318 valence electrons. The van der Waals surface area contributed by atoms with Crippen LogP contribution in [-0.2, 0) is 41.6 Å². The summed E-state index contributed by atoms with van der Waals surface area (Å²) < 4.78 is 70.4. The van der Waals surface area contributed by atoms with E-state index in [4.69, 9.17) is 21.1 Å². The molecular weight excluding hydrogens is 802 g/mol. The number of benzene rings is 2. The van der Waals surface area contributed by atoms with Crippen LogP contribution in [0.15, 0.2) is 61.2 Å². The van der Waals surface area contributed by atoms with Gasteiger partial charge in [-0.15, -0.1) is 6.58 Å². The lowest BCUT2D eigenvalue weighted by molar-refractivity contribution is -0.132. The van der Waals surface area contributed by atoms with Gasteiger partial charge < -0.3 is 19.3 Å². The zero-order valence-electron chi connectivity index (χ0n) is 34.1. The number of piperazine rings is 1. The standard InChI is InChI=1S/C42H58ClN5O8S2/c1-6-8-12-37(55-5)34-17-14-32(34)27-47-28-42(20-10-11-30-25-33(43)16-18-35(30)42)29-56-38-19-15-31(26-36(38)47)40(49)44-57(51,52)39(13-9-7-2)41(50)46-21-23-48(24-22-46)58(53,54)45(3)4/h7-8,12,15-16,18-19,25-26,32,34,37,39H,2,6,9-11,13-14,17,20-24,27-29H2,1,3-5H3,(H,44,49)/b12-8+/t32-,34+,37-,39+,42-/m0/s1. The van der Waals surface area contributed by atoms with Crippen molar-refractivity contribution in [2.75, 3.05) is 72.0 Å². The van der Waals surface area contributed by atoms with Gasteiger partial charge in [-0.05, 0) is 105 Å². The number of anilines is 1. The zero-order chi connectivity index (χ0) is 41.8. The Hall–Kier alpha value is -3.47. The van der Waals surface area contributed by atoms with E-state index >= 15 is 0 Å². The Balaban J connectivity index is 1.27. The van der Waals surface area contributed by atoms with Crippen molar-refractivity contribution in [2.45, 2.75) is 75.1 Å². The molecule has 58 heavy (non-hydrogen) atoms. The molecule has 1 N–H and O–H groups in total. The monoisotopic (exact) mass is 859 g/mol. The Morgan fingerprint density at radius 2 is 1.86 bits per heavy atom. The normalized spacial score (nSPS) is 23.7. The number of carbonyl (C=O) groups is 2. The zero-order valence-corrected chi connectivity index (χ0v) is 36.5. The molecule has 0 unspecified atom stereocenters. The van der Waals surface area contributed by atoms with E-state index in [0.29, 0.717) is 48.0 Å². The van der Waals surface area contributed by atoms with E-state index in [2.05, 4.69) is 47.4 Å². The van der Waals surface area contributed by atoms with E-state index in [9.17, 15) is 26.4 Å². The molecule has 2 aromatic carbocycles. The van der Waals surface area contributed by atoms with E-state index < -0.39 is 37.3 Å². The lowest BCUT2D eigenvalue weighted by Gasteiger charge is -2.46. The fraction of sp³-hybridized carbons (Fsp3) is 0.571. The number of methoxy groups -OCH3 is 1. The van der Waals surface area contributed by atoms with Crippen LogP contribution in [0.1, 0.15) is 73.4 Å². The largest absolute Gasteiger partial charge is 0.490 e. The number of nitrogens with zero attached hydrogens (tertiary/aromatic N) is 4. The molecule has 0 radical (unpaired) electrons. The molecule has 2 fully saturated rings. The van der Waals surface area contributed by atoms with Gasteiger partial charge in [-0.1, -0.05) is 42.8 Å². The summed E-state index contributed by atoms with van der Waals surface area (Å²) in [6.45, 7) is 7.62. The first-order valence-corrected chi connectivity index (χ1v) is 23.6. The summed E-state index contributed by atoms with van der Waals surface area (Å²) in [5, 5.41) is -0.886. The molecule has 6 rings (SSSR count). The number of carbonyl (C=O) groups excluding carboxylic acids is 2. The van der Waals surface area contributed by atoms with Crippen molar-refractivity contribution < 1.29 is 35.9 Å². The minimum absolute atomic E-state index is 0.0121. The predicted molar refractivity (Wildman–Crippen MR) is 227 cm³/mol. The number of allylic oxidation sites excluding steroid dienone is 2. The highest BCUT2D eigenvalue weighted by atomic mass is 35.5. The van der Waals surface area contributed by atoms with E-state index in [1.54, 1.807) is 25.3 Å². The second-order valence-corrected chi connectivity index (χ2v) is 20.6. The van der Waals surface area contributed by atoms with Gasteiger partial charge in [0, 0.05) is 76.5 Å². The van der Waals surface area contributed by atoms with Crippen molar-refractivity contribution in [3.8, 4) is 5.75 Å². The van der Waals surface area contributed by atoms with Crippen LogP contribution in [0.3, 0.4) is 0 Å². The molecule has 0 bridgehead atoms. The predicted octanol–water partition coefficient (Wildman–Crippen LogP) is 5.17. The highest BCUT2D eigenvalue weighted by Crippen LogP contribution is 2.47. The summed E-state index contributed by atoms with van der Waals surface area (Å²) in [6.07, 6.45) is 11.7. The van der Waals surface area contributed by atoms with Gasteiger partial charge >= 0.3 is 0 Å². The highest BCUT2D eigenvalue weighted by molar-refractivity contribution is 7.91. The smallest absolute Gasteiger partial charge is 0.281 e. The SMILES string of the molecule is C=CCC[C@H](C(=O)N1CCN(S(=O)(=O)N(C)C)CC1)S(=O)(=O)NC(=O)c1ccc2c(c1)N(C[C@@H]1CC[C@H]1[C@H](/C=C/CC)OC)C[C@@]1(CCCc3cc(Cl)ccc31)CO2. The van der Waals surface area contributed by atoms with E-state index in [0.717, 1.165) is 42.8 Å². The number of hydrogen-bond acceptors (Lipinski definition) is 9. The maximum Gasteiger partial charge on any atom is 0.281 e. The summed E-state index contributed by atoms with van der Waals surface area (Å²) in [5.74, 6) is -0.318. The Morgan fingerprint density at radius 3 is 2.52 bits per heavy atom. The number of halogens is 1. The summed E-state index contributed by atoms with van der Waals surface area (Å²) in [6, 6.07) is 11.1. The Labute approximate surface area is 349 Å².